The second kappa shape index (κ2) is 4.00. The van der Waals surface area contributed by atoms with Crippen molar-refractivity contribution in [2.24, 2.45) is 5.92 Å². The Morgan fingerprint density at radius 1 is 1.38 bits per heavy atom. The molecule has 1 aliphatic heterocycles. The first-order valence-electron chi connectivity index (χ1n) is 5.44. The highest BCUT2D eigenvalue weighted by molar-refractivity contribution is 5.55. The van der Waals surface area contributed by atoms with Crippen LogP contribution in [0.25, 0.3) is 0 Å². The average Bonchev–Trinajstić information content (AvgIpc) is 2.26. The van der Waals surface area contributed by atoms with Crippen LogP contribution >= 0.6 is 0 Å². The molecule has 0 saturated carbocycles. The van der Waals surface area contributed by atoms with Gasteiger partial charge in [-0.05, 0) is 30.0 Å². The Balaban J connectivity index is 2.28. The van der Waals surface area contributed by atoms with Crippen LogP contribution < -0.4 is 5.32 Å². The Kier molecular flexibility index (Phi) is 2.82. The van der Waals surface area contributed by atoms with E-state index in [2.05, 4.69) is 12.2 Å². The van der Waals surface area contributed by atoms with Crippen LogP contribution in [0.2, 0.25) is 0 Å². The van der Waals surface area contributed by atoms with Crippen LogP contribution in [0.5, 0.6) is 0 Å². The molecule has 0 fully saturated rings. The zero-order valence-corrected chi connectivity index (χ0v) is 9.06. The molecule has 0 aliphatic carbocycles. The minimum atomic E-state index is -4.25. The van der Waals surface area contributed by atoms with Gasteiger partial charge in [0.1, 0.15) is 0 Å². The molecule has 1 N–H and O–H groups in total. The third kappa shape index (κ3) is 2.15. The lowest BCUT2D eigenvalue weighted by Crippen LogP contribution is -2.23. The molecule has 1 nitrogen and oxygen atoms in total. The zero-order chi connectivity index (χ0) is 11.8. The van der Waals surface area contributed by atoms with Crippen molar-refractivity contribution in [3.63, 3.8) is 0 Å². The number of benzene rings is 1. The third-order valence-corrected chi connectivity index (χ3v) is 3.10. The highest BCUT2D eigenvalue weighted by atomic mass is 19.4. The smallest absolute Gasteiger partial charge is 0.385 e. The van der Waals surface area contributed by atoms with E-state index in [4.69, 9.17) is 0 Å². The van der Waals surface area contributed by atoms with E-state index < -0.39 is 11.7 Å². The van der Waals surface area contributed by atoms with Crippen molar-refractivity contribution in [3.05, 3.63) is 29.3 Å². The molecule has 0 saturated heterocycles. The van der Waals surface area contributed by atoms with Gasteiger partial charge in [-0.3, -0.25) is 0 Å². The molecule has 1 aromatic rings. The number of hydrogen-bond donors (Lipinski definition) is 1. The van der Waals surface area contributed by atoms with Gasteiger partial charge < -0.3 is 5.32 Å². The molecule has 1 heterocycles. The summed E-state index contributed by atoms with van der Waals surface area (Å²) in [5.74, 6) is 0.532. The Labute approximate surface area is 92.7 Å². The average molecular weight is 229 g/mol. The van der Waals surface area contributed by atoms with Crippen molar-refractivity contribution >= 4 is 5.69 Å². The lowest BCUT2D eigenvalue weighted by atomic mass is 9.91. The van der Waals surface area contributed by atoms with E-state index in [1.54, 1.807) is 6.07 Å². The summed E-state index contributed by atoms with van der Waals surface area (Å²) in [5.41, 5.74) is 1.05. The molecule has 0 amide bonds. The molecule has 0 spiro atoms. The van der Waals surface area contributed by atoms with E-state index in [-0.39, 0.29) is 0 Å². The maximum atomic E-state index is 12.5. The van der Waals surface area contributed by atoms with Gasteiger partial charge in [-0.1, -0.05) is 19.4 Å². The minimum Gasteiger partial charge on any atom is -0.385 e. The number of halogens is 3. The van der Waals surface area contributed by atoms with Gasteiger partial charge in [-0.25, -0.2) is 0 Å². The number of anilines is 1. The number of hydrogen-bond acceptors (Lipinski definition) is 1. The SMILES string of the molecule is CCC1CNc2cc(C(F)(F)F)ccc2C1. The monoisotopic (exact) mass is 229 g/mol. The van der Waals surface area contributed by atoms with Crippen molar-refractivity contribution in [1.82, 2.24) is 0 Å². The number of rotatable bonds is 1. The molecule has 1 atom stereocenters. The maximum absolute atomic E-state index is 12.5. The van der Waals surface area contributed by atoms with Crippen molar-refractivity contribution < 1.29 is 13.2 Å². The van der Waals surface area contributed by atoms with Crippen LogP contribution in [0.1, 0.15) is 24.5 Å². The van der Waals surface area contributed by atoms with Gasteiger partial charge in [-0.15, -0.1) is 0 Å². The summed E-state index contributed by atoms with van der Waals surface area (Å²) >= 11 is 0. The summed E-state index contributed by atoms with van der Waals surface area (Å²) in [7, 11) is 0. The fourth-order valence-corrected chi connectivity index (χ4v) is 2.02. The van der Waals surface area contributed by atoms with Crippen molar-refractivity contribution in [3.8, 4) is 0 Å². The van der Waals surface area contributed by atoms with E-state index in [0.717, 1.165) is 24.9 Å². The largest absolute Gasteiger partial charge is 0.416 e. The summed E-state index contributed by atoms with van der Waals surface area (Å²) in [6.45, 7) is 2.87. The maximum Gasteiger partial charge on any atom is 0.416 e. The van der Waals surface area contributed by atoms with Crippen LogP contribution in [0.4, 0.5) is 18.9 Å². The Morgan fingerprint density at radius 3 is 2.75 bits per heavy atom. The topological polar surface area (TPSA) is 12.0 Å². The van der Waals surface area contributed by atoms with Gasteiger partial charge in [0.05, 0.1) is 5.56 Å². The standard InChI is InChI=1S/C12H14F3N/c1-2-8-5-9-3-4-10(12(13,14)15)6-11(9)16-7-8/h3-4,6,8,16H,2,5,7H2,1H3. The molecule has 0 bridgehead atoms. The fraction of sp³-hybridized carbons (Fsp3) is 0.500. The van der Waals surface area contributed by atoms with Gasteiger partial charge in [0.25, 0.3) is 0 Å². The highest BCUT2D eigenvalue weighted by Crippen LogP contribution is 2.34. The Morgan fingerprint density at radius 2 is 2.12 bits per heavy atom. The molecule has 16 heavy (non-hydrogen) atoms. The van der Waals surface area contributed by atoms with E-state index >= 15 is 0 Å². The third-order valence-electron chi connectivity index (χ3n) is 3.10. The lowest BCUT2D eigenvalue weighted by molar-refractivity contribution is -0.137. The van der Waals surface area contributed by atoms with Gasteiger partial charge in [0, 0.05) is 12.2 Å². The molecule has 1 aliphatic rings. The normalized spacial score (nSPS) is 20.1. The first kappa shape index (κ1) is 11.3. The van der Waals surface area contributed by atoms with Gasteiger partial charge in [0.2, 0.25) is 0 Å². The number of nitrogens with one attached hydrogen (secondary N) is 1. The lowest BCUT2D eigenvalue weighted by Gasteiger charge is -2.26. The summed E-state index contributed by atoms with van der Waals surface area (Å²) in [6, 6.07) is 3.97. The molecule has 1 aromatic carbocycles. The van der Waals surface area contributed by atoms with Crippen LogP contribution in [-0.4, -0.2) is 6.54 Å². The predicted octanol–water partition coefficient (Wildman–Crippen LogP) is 3.70. The van der Waals surface area contributed by atoms with Gasteiger partial charge in [-0.2, -0.15) is 13.2 Å². The van der Waals surface area contributed by atoms with Gasteiger partial charge in [0.15, 0.2) is 0 Å². The second-order valence-electron chi connectivity index (χ2n) is 4.23. The van der Waals surface area contributed by atoms with Gasteiger partial charge >= 0.3 is 6.18 Å². The van der Waals surface area contributed by atoms with Crippen molar-refractivity contribution in [2.45, 2.75) is 25.9 Å². The fourth-order valence-electron chi connectivity index (χ4n) is 2.02. The summed E-state index contributed by atoms with van der Waals surface area (Å²) in [5, 5.41) is 3.08. The second-order valence-corrected chi connectivity index (χ2v) is 4.23. The first-order valence-corrected chi connectivity index (χ1v) is 5.44. The predicted molar refractivity (Wildman–Crippen MR) is 57.4 cm³/mol. The van der Waals surface area contributed by atoms with Crippen LogP contribution in [0, 0.1) is 5.92 Å². The molecule has 0 radical (unpaired) electrons. The summed E-state index contributed by atoms with van der Waals surface area (Å²) in [4.78, 5) is 0. The Hall–Kier alpha value is -1.19. The number of alkyl halides is 3. The zero-order valence-electron chi connectivity index (χ0n) is 9.06. The molecule has 2 rings (SSSR count). The van der Waals surface area contributed by atoms with Crippen molar-refractivity contribution in [1.29, 1.82) is 0 Å². The molecule has 0 aromatic heterocycles. The molecule has 4 heteroatoms. The van der Waals surface area contributed by atoms with E-state index in [1.807, 2.05) is 0 Å². The van der Waals surface area contributed by atoms with Crippen LogP contribution in [-0.2, 0) is 12.6 Å². The first-order chi connectivity index (χ1) is 7.50. The molecular formula is C12H14F3N. The summed E-state index contributed by atoms with van der Waals surface area (Å²) in [6.07, 6.45) is -2.33. The minimum absolute atomic E-state index is 0.532. The van der Waals surface area contributed by atoms with E-state index in [0.29, 0.717) is 11.6 Å². The number of fused-ring (bicyclic) bond motifs is 1. The Bertz CT molecular complexity index is 384. The molecule has 1 unspecified atom stereocenters. The highest BCUT2D eigenvalue weighted by Gasteiger charge is 2.31. The molecule has 88 valence electrons. The van der Waals surface area contributed by atoms with E-state index in [1.165, 1.54) is 12.1 Å². The molecular weight excluding hydrogens is 215 g/mol. The van der Waals surface area contributed by atoms with E-state index in [9.17, 15) is 13.2 Å². The van der Waals surface area contributed by atoms with Crippen LogP contribution in [0.15, 0.2) is 18.2 Å². The quantitative estimate of drug-likeness (QED) is 0.774. The van der Waals surface area contributed by atoms with Crippen LogP contribution in [0.3, 0.4) is 0 Å². The summed E-state index contributed by atoms with van der Waals surface area (Å²) < 4.78 is 37.4. The van der Waals surface area contributed by atoms with Crippen molar-refractivity contribution in [2.75, 3.05) is 11.9 Å².